The number of hydrogen-bond donors (Lipinski definition) is 2. The van der Waals surface area contributed by atoms with Gasteiger partial charge in [0, 0.05) is 36.7 Å². The first kappa shape index (κ1) is 25.8. The van der Waals surface area contributed by atoms with Crippen molar-refractivity contribution in [2.75, 3.05) is 19.6 Å². The Morgan fingerprint density at radius 1 is 1.12 bits per heavy atom. The molecule has 0 amide bonds. The third-order valence-corrected chi connectivity index (χ3v) is 7.23. The lowest BCUT2D eigenvalue weighted by Gasteiger charge is -2.16. The van der Waals surface area contributed by atoms with E-state index in [9.17, 15) is 13.2 Å². The first-order valence-electron chi connectivity index (χ1n) is 13.0. The number of aromatic amines is 2. The van der Waals surface area contributed by atoms with Crippen molar-refractivity contribution in [1.29, 1.82) is 0 Å². The Bertz CT molecular complexity index is 1780. The van der Waals surface area contributed by atoms with Crippen LogP contribution >= 0.6 is 0 Å². The zero-order chi connectivity index (χ0) is 27.9. The summed E-state index contributed by atoms with van der Waals surface area (Å²) in [6, 6.07) is 12.2. The maximum atomic E-state index is 13.7. The fourth-order valence-electron chi connectivity index (χ4n) is 5.16. The van der Waals surface area contributed by atoms with Crippen LogP contribution in [-0.2, 0) is 0 Å². The molecule has 6 nitrogen and oxygen atoms in total. The fraction of sp³-hybridized carbons (Fsp3) is 0.194. The van der Waals surface area contributed by atoms with Crippen molar-refractivity contribution in [2.45, 2.75) is 19.3 Å². The van der Waals surface area contributed by atoms with E-state index in [1.165, 1.54) is 12.1 Å². The summed E-state index contributed by atoms with van der Waals surface area (Å²) in [7, 11) is 0. The van der Waals surface area contributed by atoms with Gasteiger partial charge >= 0.3 is 0 Å². The van der Waals surface area contributed by atoms with Crippen LogP contribution in [0.2, 0.25) is 0 Å². The number of alkyl halides is 2. The molecule has 0 radical (unpaired) electrons. The quantitative estimate of drug-likeness (QED) is 0.215. The monoisotopic (exact) mass is 540 g/mol. The molecule has 9 heteroatoms. The van der Waals surface area contributed by atoms with Gasteiger partial charge in [0.05, 0.1) is 35.2 Å². The summed E-state index contributed by atoms with van der Waals surface area (Å²) in [5, 5.41) is 8.53. The topological polar surface area (TPSA) is 73.5 Å². The van der Waals surface area contributed by atoms with E-state index in [0.29, 0.717) is 24.3 Å². The van der Waals surface area contributed by atoms with Crippen molar-refractivity contribution < 1.29 is 13.2 Å². The van der Waals surface area contributed by atoms with Crippen molar-refractivity contribution in [3.05, 3.63) is 96.7 Å². The van der Waals surface area contributed by atoms with Gasteiger partial charge in [0.2, 0.25) is 0 Å². The Kier molecular flexibility index (Phi) is 6.59. The molecule has 1 fully saturated rings. The maximum absolute atomic E-state index is 13.7. The predicted molar refractivity (Wildman–Crippen MR) is 152 cm³/mol. The Morgan fingerprint density at radius 2 is 1.95 bits per heavy atom. The van der Waals surface area contributed by atoms with Crippen molar-refractivity contribution in [3.8, 4) is 22.5 Å². The van der Waals surface area contributed by atoms with E-state index in [-0.39, 0.29) is 18.8 Å². The number of H-pyrrole nitrogens is 2. The van der Waals surface area contributed by atoms with Crippen molar-refractivity contribution in [3.63, 3.8) is 0 Å². The van der Waals surface area contributed by atoms with Crippen LogP contribution in [0.5, 0.6) is 0 Å². The molecule has 0 bridgehead atoms. The highest BCUT2D eigenvalue weighted by Gasteiger charge is 2.37. The molecule has 0 aliphatic carbocycles. The molecule has 2 N–H and O–H groups in total. The molecule has 40 heavy (non-hydrogen) atoms. The zero-order valence-corrected chi connectivity index (χ0v) is 21.9. The maximum Gasteiger partial charge on any atom is 0.261 e. The first-order valence-corrected chi connectivity index (χ1v) is 13.0. The largest absolute Gasteiger partial charge is 0.352 e. The Balaban J connectivity index is 1.35. The van der Waals surface area contributed by atoms with Gasteiger partial charge in [-0.05, 0) is 60.0 Å². The number of nitrogens with one attached hydrogen (secondary N) is 2. The van der Waals surface area contributed by atoms with Gasteiger partial charge in [-0.15, -0.1) is 0 Å². The minimum absolute atomic E-state index is 0.120. The summed E-state index contributed by atoms with van der Waals surface area (Å²) < 4.78 is 40.9. The van der Waals surface area contributed by atoms with Gasteiger partial charge in [-0.3, -0.25) is 15.0 Å². The SMILES string of the molecule is C=C/C(=C\C(=C/C)c1ccc2[nH]nc(-c3cc4c(-c5ccc(F)cc5)cncc4[nH]3)c2n1)CN1CCC(F)(F)C1. The van der Waals surface area contributed by atoms with E-state index in [4.69, 9.17) is 4.98 Å². The fourth-order valence-corrected chi connectivity index (χ4v) is 5.16. The molecule has 5 aromatic rings. The molecule has 0 atom stereocenters. The van der Waals surface area contributed by atoms with Gasteiger partial charge in [0.1, 0.15) is 17.0 Å². The first-order chi connectivity index (χ1) is 19.3. The molecule has 1 saturated heterocycles. The van der Waals surface area contributed by atoms with Crippen LogP contribution in [0.25, 0.3) is 50.0 Å². The van der Waals surface area contributed by atoms with E-state index in [2.05, 4.69) is 26.7 Å². The molecule has 0 saturated carbocycles. The van der Waals surface area contributed by atoms with Gasteiger partial charge in [-0.2, -0.15) is 5.10 Å². The molecule has 6 rings (SSSR count). The van der Waals surface area contributed by atoms with Crippen LogP contribution in [0.1, 0.15) is 19.0 Å². The van der Waals surface area contributed by atoms with Gasteiger partial charge < -0.3 is 4.98 Å². The number of likely N-dealkylation sites (tertiary alicyclic amines) is 1. The Hall–Kier alpha value is -4.50. The summed E-state index contributed by atoms with van der Waals surface area (Å²) in [5.74, 6) is -2.94. The number of allylic oxidation sites excluding steroid dienone is 3. The molecule has 5 heterocycles. The van der Waals surface area contributed by atoms with Crippen LogP contribution in [0.4, 0.5) is 13.2 Å². The summed E-state index contributed by atoms with van der Waals surface area (Å²) in [4.78, 5) is 14.4. The van der Waals surface area contributed by atoms with Crippen molar-refractivity contribution in [1.82, 2.24) is 30.0 Å². The second kappa shape index (κ2) is 10.2. The highest BCUT2D eigenvalue weighted by molar-refractivity contribution is 6.00. The van der Waals surface area contributed by atoms with E-state index in [0.717, 1.165) is 50.1 Å². The highest BCUT2D eigenvalue weighted by Crippen LogP contribution is 2.34. The van der Waals surface area contributed by atoms with Gasteiger partial charge in [0.25, 0.3) is 5.92 Å². The second-order valence-electron chi connectivity index (χ2n) is 9.99. The lowest BCUT2D eigenvalue weighted by atomic mass is 10.0. The van der Waals surface area contributed by atoms with Crippen LogP contribution in [0.3, 0.4) is 0 Å². The summed E-state index contributed by atoms with van der Waals surface area (Å²) >= 11 is 0. The van der Waals surface area contributed by atoms with Crippen molar-refractivity contribution >= 4 is 27.5 Å². The molecule has 202 valence electrons. The molecule has 1 aromatic carbocycles. The van der Waals surface area contributed by atoms with Gasteiger partial charge in [0.15, 0.2) is 0 Å². The van der Waals surface area contributed by atoms with E-state index < -0.39 is 5.92 Å². The molecule has 0 spiro atoms. The standard InChI is InChI=1S/C31H27F3N6/c1-3-19(17-40-12-11-31(33,34)18-40)13-20(4-2)25-9-10-26-29(37-25)30(39-38-26)27-14-23-24(15-35-16-28(23)36-27)21-5-7-22(32)8-6-21/h3-10,13-16,36H,1,11-12,17-18H2,2H3,(H,38,39)/b19-13+,20-4+. The summed E-state index contributed by atoms with van der Waals surface area (Å²) in [6.07, 6.45) is 8.98. The van der Waals surface area contributed by atoms with Crippen LogP contribution in [-0.4, -0.2) is 55.6 Å². The molecular formula is C31H27F3N6. The highest BCUT2D eigenvalue weighted by atomic mass is 19.3. The molecule has 0 unspecified atom stereocenters. The van der Waals surface area contributed by atoms with Crippen LogP contribution in [0, 0.1) is 5.82 Å². The number of halogens is 3. The van der Waals surface area contributed by atoms with E-state index >= 15 is 0 Å². The average molecular weight is 541 g/mol. The number of pyridine rings is 2. The van der Waals surface area contributed by atoms with E-state index in [1.54, 1.807) is 35.5 Å². The Morgan fingerprint density at radius 3 is 2.67 bits per heavy atom. The van der Waals surface area contributed by atoms with Crippen molar-refractivity contribution in [2.24, 2.45) is 0 Å². The smallest absolute Gasteiger partial charge is 0.261 e. The minimum Gasteiger partial charge on any atom is -0.352 e. The predicted octanol–water partition coefficient (Wildman–Crippen LogP) is 7.16. The molecule has 4 aromatic heterocycles. The van der Waals surface area contributed by atoms with E-state index in [1.807, 2.05) is 37.3 Å². The lowest BCUT2D eigenvalue weighted by Crippen LogP contribution is -2.26. The number of nitrogens with zero attached hydrogens (tertiary/aromatic N) is 4. The molecule has 1 aliphatic heterocycles. The number of rotatable bonds is 7. The number of fused-ring (bicyclic) bond motifs is 2. The minimum atomic E-state index is -2.64. The lowest BCUT2D eigenvalue weighted by molar-refractivity contribution is 0.0131. The Labute approximate surface area is 229 Å². The van der Waals surface area contributed by atoms with Gasteiger partial charge in [-0.1, -0.05) is 30.9 Å². The molecular weight excluding hydrogens is 513 g/mol. The summed E-state index contributed by atoms with van der Waals surface area (Å²) in [5.41, 5.74) is 7.87. The second-order valence-corrected chi connectivity index (χ2v) is 9.99. The van der Waals surface area contributed by atoms with Gasteiger partial charge in [-0.25, -0.2) is 18.2 Å². The summed E-state index contributed by atoms with van der Waals surface area (Å²) in [6.45, 7) is 6.33. The zero-order valence-electron chi connectivity index (χ0n) is 21.9. The third kappa shape index (κ3) is 4.96. The third-order valence-electron chi connectivity index (χ3n) is 7.23. The van der Waals surface area contributed by atoms with Crippen LogP contribution in [0.15, 0.2) is 85.2 Å². The van der Waals surface area contributed by atoms with Crippen LogP contribution < -0.4 is 0 Å². The average Bonchev–Trinajstić information content (AvgIpc) is 3.66. The normalized spacial score (nSPS) is 16.3. The number of hydrogen-bond acceptors (Lipinski definition) is 4. The number of benzene rings is 1. The molecule has 1 aliphatic rings. The number of aromatic nitrogens is 5.